The number of carbonyl (C=O) groups excluding carboxylic acids is 5. The predicted molar refractivity (Wildman–Crippen MR) is 267 cm³/mol. The number of nitrogens with two attached hydrogens (primary N) is 1. The van der Waals surface area contributed by atoms with E-state index in [1.165, 1.54) is 16.7 Å². The first-order valence-corrected chi connectivity index (χ1v) is 24.6. The summed E-state index contributed by atoms with van der Waals surface area (Å²) in [7, 11) is 0. The molecular formula is C52H75N9O8. The van der Waals surface area contributed by atoms with Gasteiger partial charge < -0.3 is 45.7 Å². The highest BCUT2D eigenvalue weighted by molar-refractivity contribution is 5.92. The van der Waals surface area contributed by atoms with Gasteiger partial charge in [0.05, 0.1) is 24.8 Å². The van der Waals surface area contributed by atoms with Crippen LogP contribution in [0.3, 0.4) is 0 Å². The predicted octanol–water partition coefficient (Wildman–Crippen LogP) is 5.82. The number of amides is 3. The summed E-state index contributed by atoms with van der Waals surface area (Å²) in [6, 6.07) is 15.2. The van der Waals surface area contributed by atoms with E-state index in [1.54, 1.807) is 18.7 Å². The van der Waals surface area contributed by atoms with E-state index in [0.29, 0.717) is 26.2 Å². The molecule has 0 spiro atoms. The molecule has 17 heteroatoms. The lowest BCUT2D eigenvalue weighted by molar-refractivity contribution is -0.133. The van der Waals surface area contributed by atoms with Crippen molar-refractivity contribution in [3.63, 3.8) is 0 Å². The van der Waals surface area contributed by atoms with Gasteiger partial charge in [0.1, 0.15) is 17.9 Å². The SMILES string of the molecule is CCCCCNc1nc(N)nc2ccn(Cc3ccc(CN4CCN(C(=O)OCc5ccc(CC(=O)[C@H](C)NC(=O)[C@@H](CC(=O)CCOCCNC(=O)CC(C)CO)C(C)C)cc5)CC4)cc3C)c12. The highest BCUT2D eigenvalue weighted by Gasteiger charge is 2.28. The first-order chi connectivity index (χ1) is 33.1. The zero-order chi connectivity index (χ0) is 49.9. The van der Waals surface area contributed by atoms with E-state index in [2.05, 4.69) is 67.4 Å². The number of rotatable bonds is 28. The number of hydrogen-bond acceptors (Lipinski definition) is 13. The fourth-order valence-corrected chi connectivity index (χ4v) is 8.25. The number of aromatic nitrogens is 3. The minimum atomic E-state index is -0.755. The van der Waals surface area contributed by atoms with Crippen LogP contribution in [0, 0.1) is 24.7 Å². The average Bonchev–Trinajstić information content (AvgIpc) is 3.73. The summed E-state index contributed by atoms with van der Waals surface area (Å²) in [4.78, 5) is 77.0. The second kappa shape index (κ2) is 27.3. The summed E-state index contributed by atoms with van der Waals surface area (Å²) in [5, 5.41) is 18.1. The van der Waals surface area contributed by atoms with Crippen LogP contribution in [-0.2, 0) is 54.8 Å². The van der Waals surface area contributed by atoms with Crippen molar-refractivity contribution in [1.82, 2.24) is 35.0 Å². The number of aliphatic hydroxyl groups is 1. The van der Waals surface area contributed by atoms with Gasteiger partial charge >= 0.3 is 6.09 Å². The molecule has 3 atom stereocenters. The number of aliphatic hydroxyl groups excluding tert-OH is 1. The number of hydrogen-bond donors (Lipinski definition) is 5. The number of piperazine rings is 1. The lowest BCUT2D eigenvalue weighted by Gasteiger charge is -2.34. The monoisotopic (exact) mass is 954 g/mol. The molecule has 4 aromatic rings. The van der Waals surface area contributed by atoms with Crippen molar-refractivity contribution in [2.45, 2.75) is 112 Å². The molecule has 2 aromatic heterocycles. The Hall–Kier alpha value is -5.91. The third-order valence-corrected chi connectivity index (χ3v) is 12.6. The molecule has 1 aliphatic rings. The maximum atomic E-state index is 13.2. The summed E-state index contributed by atoms with van der Waals surface area (Å²) >= 11 is 0. The van der Waals surface area contributed by atoms with Gasteiger partial charge in [-0.1, -0.05) is 83.0 Å². The normalized spacial score (nSPS) is 14.3. The number of nitrogens with one attached hydrogen (secondary N) is 3. The van der Waals surface area contributed by atoms with Gasteiger partial charge in [0.25, 0.3) is 0 Å². The summed E-state index contributed by atoms with van der Waals surface area (Å²) in [5.41, 5.74) is 13.0. The quantitative estimate of drug-likeness (QED) is 0.0425. The van der Waals surface area contributed by atoms with Crippen molar-refractivity contribution in [2.24, 2.45) is 17.8 Å². The maximum Gasteiger partial charge on any atom is 0.410 e. The Kier molecular flexibility index (Phi) is 21.4. The average molecular weight is 954 g/mol. The maximum absolute atomic E-state index is 13.2. The van der Waals surface area contributed by atoms with E-state index in [0.717, 1.165) is 73.4 Å². The Bertz CT molecular complexity index is 2310. The summed E-state index contributed by atoms with van der Waals surface area (Å²) < 4.78 is 13.3. The van der Waals surface area contributed by atoms with E-state index in [9.17, 15) is 24.0 Å². The van der Waals surface area contributed by atoms with Gasteiger partial charge in [-0.3, -0.25) is 24.1 Å². The summed E-state index contributed by atoms with van der Waals surface area (Å²) in [5.74, 6) is -0.621. The fourth-order valence-electron chi connectivity index (χ4n) is 8.25. The van der Waals surface area contributed by atoms with Gasteiger partial charge in [-0.25, -0.2) is 9.78 Å². The number of ketones is 2. The minimum Gasteiger partial charge on any atom is -0.445 e. The number of aryl methyl sites for hydroxylation is 1. The van der Waals surface area contributed by atoms with Gasteiger partial charge in [0.2, 0.25) is 17.8 Å². The molecule has 5 rings (SSSR count). The zero-order valence-electron chi connectivity index (χ0n) is 41.6. The van der Waals surface area contributed by atoms with Crippen molar-refractivity contribution in [1.29, 1.82) is 0 Å². The number of carbonyl (C=O) groups is 5. The molecule has 3 heterocycles. The van der Waals surface area contributed by atoms with Crippen LogP contribution in [0.15, 0.2) is 54.7 Å². The van der Waals surface area contributed by atoms with Crippen molar-refractivity contribution in [3.8, 4) is 0 Å². The van der Waals surface area contributed by atoms with Crippen LogP contribution in [0.5, 0.6) is 0 Å². The fraction of sp³-hybridized carbons (Fsp3) is 0.558. The Morgan fingerprint density at radius 2 is 1.58 bits per heavy atom. The number of nitrogen functional groups attached to an aromatic ring is 1. The molecule has 2 aromatic carbocycles. The van der Waals surface area contributed by atoms with Crippen LogP contribution in [0.1, 0.15) is 101 Å². The Morgan fingerprint density at radius 3 is 2.28 bits per heavy atom. The lowest BCUT2D eigenvalue weighted by atomic mass is 9.88. The lowest BCUT2D eigenvalue weighted by Crippen LogP contribution is -2.48. The van der Waals surface area contributed by atoms with Crippen LogP contribution >= 0.6 is 0 Å². The van der Waals surface area contributed by atoms with Gasteiger partial charge in [-0.15, -0.1) is 0 Å². The Morgan fingerprint density at radius 1 is 0.855 bits per heavy atom. The molecule has 1 fully saturated rings. The van der Waals surface area contributed by atoms with E-state index < -0.39 is 12.0 Å². The number of unbranched alkanes of at least 4 members (excludes halogenated alkanes) is 2. The number of benzene rings is 2. The van der Waals surface area contributed by atoms with Crippen molar-refractivity contribution < 1.29 is 38.6 Å². The van der Waals surface area contributed by atoms with Crippen LogP contribution < -0.4 is 21.7 Å². The molecule has 17 nitrogen and oxygen atoms in total. The molecule has 0 radical (unpaired) electrons. The van der Waals surface area contributed by atoms with E-state index in [1.807, 2.05) is 50.4 Å². The van der Waals surface area contributed by atoms with E-state index >= 15 is 0 Å². The van der Waals surface area contributed by atoms with Gasteiger partial charge in [-0.05, 0) is 66.0 Å². The largest absolute Gasteiger partial charge is 0.445 e. The number of fused-ring (bicyclic) bond motifs is 1. The molecule has 3 amide bonds. The van der Waals surface area contributed by atoms with Crippen molar-refractivity contribution in [3.05, 3.63) is 82.5 Å². The van der Waals surface area contributed by atoms with Gasteiger partial charge in [0.15, 0.2) is 11.6 Å². The van der Waals surface area contributed by atoms with Gasteiger partial charge in [-0.2, -0.15) is 4.98 Å². The van der Waals surface area contributed by atoms with Crippen molar-refractivity contribution >= 4 is 52.3 Å². The van der Waals surface area contributed by atoms with Gasteiger partial charge in [0, 0.05) is 96.8 Å². The summed E-state index contributed by atoms with van der Waals surface area (Å²) in [6.45, 7) is 17.1. The molecule has 6 N–H and O–H groups in total. The van der Waals surface area contributed by atoms with Crippen molar-refractivity contribution in [2.75, 3.05) is 70.1 Å². The first kappa shape index (κ1) is 54.0. The molecule has 376 valence electrons. The molecule has 69 heavy (non-hydrogen) atoms. The summed E-state index contributed by atoms with van der Waals surface area (Å²) in [6.07, 6.45) is 5.54. The van der Waals surface area contributed by atoms with E-state index in [-0.39, 0.29) is 99.4 Å². The molecule has 0 saturated carbocycles. The highest BCUT2D eigenvalue weighted by Crippen LogP contribution is 2.25. The smallest absolute Gasteiger partial charge is 0.410 e. The molecule has 0 aliphatic carbocycles. The third kappa shape index (κ3) is 17.2. The molecule has 0 bridgehead atoms. The molecule has 1 aliphatic heterocycles. The topological polar surface area (TPSA) is 223 Å². The number of nitrogens with zero attached hydrogens (tertiary/aromatic N) is 5. The van der Waals surface area contributed by atoms with E-state index in [4.69, 9.17) is 20.3 Å². The number of anilines is 2. The second-order valence-corrected chi connectivity index (χ2v) is 18.8. The first-order valence-electron chi connectivity index (χ1n) is 24.6. The van der Waals surface area contributed by atoms with Crippen LogP contribution in [0.2, 0.25) is 0 Å². The molecular weight excluding hydrogens is 879 g/mol. The standard InChI is InChI=1S/C52H75N9O8/c1-7-8-9-18-55-49-48-45(57-51(53)58-49)16-20-61(48)32-42-15-14-41(28-37(42)5)31-59-21-23-60(24-22-59)52(67)69-34-40-12-10-39(11-13-40)29-46(64)38(6)56-50(66)44(35(2)3)30-43(63)17-25-68-26-19-54-47(65)27-36(4)33-62/h10-16,20,28,35-36,38,44,62H,7-9,17-19,21-27,29-34H2,1-6H3,(H,54,65)(H,56,66)(H3,53,55,57,58)/t36?,38-,44-/m0/s1. The van der Waals surface area contributed by atoms with Crippen LogP contribution in [0.25, 0.3) is 11.0 Å². The van der Waals surface area contributed by atoms with Crippen LogP contribution in [0.4, 0.5) is 16.6 Å². The molecule has 1 unspecified atom stereocenters. The van der Waals surface area contributed by atoms with Crippen LogP contribution in [-0.4, -0.2) is 124 Å². The third-order valence-electron chi connectivity index (χ3n) is 12.6. The minimum absolute atomic E-state index is 0.0306. The number of ether oxygens (including phenoxy) is 2. The highest BCUT2D eigenvalue weighted by atomic mass is 16.6. The second-order valence-electron chi connectivity index (χ2n) is 18.8. The molecule has 1 saturated heterocycles. The Balaban J connectivity index is 0.989. The Labute approximate surface area is 407 Å². The number of Topliss-reactive ketones (excluding diaryl/α,β-unsaturated/α-hetero) is 2. The zero-order valence-corrected chi connectivity index (χ0v) is 41.6.